The molecule has 1 aromatic carbocycles. The standard InChI is InChI=1S/C15H15NO3/c1-10-9-12(11(2)19-10)15(17)16-7-8-18-14-6-4-3-5-13(14)16/h3-6,9H,7-8H2,1-2H3. The molecule has 0 saturated heterocycles. The van der Waals surface area contributed by atoms with Gasteiger partial charge in [-0.15, -0.1) is 0 Å². The minimum Gasteiger partial charge on any atom is -0.490 e. The number of ether oxygens (including phenoxy) is 1. The molecular weight excluding hydrogens is 242 g/mol. The smallest absolute Gasteiger partial charge is 0.262 e. The zero-order valence-electron chi connectivity index (χ0n) is 11.0. The fourth-order valence-electron chi connectivity index (χ4n) is 2.37. The Balaban J connectivity index is 2.00. The molecule has 0 unspecified atom stereocenters. The lowest BCUT2D eigenvalue weighted by Gasteiger charge is -2.29. The molecule has 0 N–H and O–H groups in total. The topological polar surface area (TPSA) is 42.7 Å². The van der Waals surface area contributed by atoms with Gasteiger partial charge in [-0.3, -0.25) is 4.79 Å². The van der Waals surface area contributed by atoms with Crippen LogP contribution in [0.3, 0.4) is 0 Å². The summed E-state index contributed by atoms with van der Waals surface area (Å²) in [6.07, 6.45) is 0. The number of carbonyl (C=O) groups excluding carboxylic acids is 1. The lowest BCUT2D eigenvalue weighted by Crippen LogP contribution is -2.38. The highest BCUT2D eigenvalue weighted by atomic mass is 16.5. The SMILES string of the molecule is Cc1cc(C(=O)N2CCOc3ccccc32)c(C)o1. The Morgan fingerprint density at radius 1 is 1.26 bits per heavy atom. The summed E-state index contributed by atoms with van der Waals surface area (Å²) in [5.74, 6) is 2.12. The second-order valence-corrected chi connectivity index (χ2v) is 4.60. The van der Waals surface area contributed by atoms with E-state index in [9.17, 15) is 4.79 Å². The van der Waals surface area contributed by atoms with Crippen molar-refractivity contribution in [1.82, 2.24) is 0 Å². The van der Waals surface area contributed by atoms with Crippen LogP contribution in [0.4, 0.5) is 5.69 Å². The fraction of sp³-hybridized carbons (Fsp3) is 0.267. The molecule has 0 fully saturated rings. The Labute approximate surface area is 111 Å². The van der Waals surface area contributed by atoms with E-state index in [0.717, 1.165) is 17.2 Å². The first-order valence-electron chi connectivity index (χ1n) is 6.27. The van der Waals surface area contributed by atoms with Gasteiger partial charge < -0.3 is 14.1 Å². The number of furan rings is 1. The number of anilines is 1. The van der Waals surface area contributed by atoms with Crippen LogP contribution in [0.2, 0.25) is 0 Å². The van der Waals surface area contributed by atoms with Crippen molar-refractivity contribution in [3.05, 3.63) is 47.4 Å². The van der Waals surface area contributed by atoms with Crippen LogP contribution in [0.25, 0.3) is 0 Å². The summed E-state index contributed by atoms with van der Waals surface area (Å²) in [7, 11) is 0. The first kappa shape index (κ1) is 11.8. The van der Waals surface area contributed by atoms with E-state index in [1.54, 1.807) is 11.0 Å². The molecule has 4 heteroatoms. The average molecular weight is 257 g/mol. The highest BCUT2D eigenvalue weighted by Crippen LogP contribution is 2.32. The molecule has 1 aromatic heterocycles. The van der Waals surface area contributed by atoms with E-state index >= 15 is 0 Å². The van der Waals surface area contributed by atoms with Gasteiger partial charge in [0.05, 0.1) is 17.8 Å². The van der Waals surface area contributed by atoms with Crippen molar-refractivity contribution in [3.8, 4) is 5.75 Å². The van der Waals surface area contributed by atoms with Crippen molar-refractivity contribution < 1.29 is 13.9 Å². The van der Waals surface area contributed by atoms with Crippen LogP contribution in [0.15, 0.2) is 34.7 Å². The van der Waals surface area contributed by atoms with E-state index in [0.29, 0.717) is 24.5 Å². The Morgan fingerprint density at radius 3 is 2.79 bits per heavy atom. The largest absolute Gasteiger partial charge is 0.490 e. The molecule has 19 heavy (non-hydrogen) atoms. The molecule has 3 rings (SSSR count). The van der Waals surface area contributed by atoms with Crippen LogP contribution in [0.1, 0.15) is 21.9 Å². The van der Waals surface area contributed by atoms with E-state index in [4.69, 9.17) is 9.15 Å². The van der Waals surface area contributed by atoms with Gasteiger partial charge in [0, 0.05) is 0 Å². The van der Waals surface area contributed by atoms with Gasteiger partial charge in [-0.2, -0.15) is 0 Å². The summed E-state index contributed by atoms with van der Waals surface area (Å²) < 4.78 is 11.0. The first-order valence-corrected chi connectivity index (χ1v) is 6.27. The third-order valence-electron chi connectivity index (χ3n) is 3.25. The van der Waals surface area contributed by atoms with Crippen LogP contribution in [-0.4, -0.2) is 19.1 Å². The number of rotatable bonds is 1. The van der Waals surface area contributed by atoms with Crippen molar-refractivity contribution in [2.45, 2.75) is 13.8 Å². The lowest BCUT2D eigenvalue weighted by atomic mass is 10.1. The van der Waals surface area contributed by atoms with Gasteiger partial charge in [0.2, 0.25) is 0 Å². The van der Waals surface area contributed by atoms with Gasteiger partial charge in [-0.05, 0) is 32.0 Å². The van der Waals surface area contributed by atoms with Crippen LogP contribution < -0.4 is 9.64 Å². The number of amides is 1. The van der Waals surface area contributed by atoms with Gasteiger partial charge in [0.25, 0.3) is 5.91 Å². The summed E-state index contributed by atoms with van der Waals surface area (Å²) in [5.41, 5.74) is 1.44. The molecule has 0 atom stereocenters. The van der Waals surface area contributed by atoms with Gasteiger partial charge in [-0.25, -0.2) is 0 Å². The first-order chi connectivity index (χ1) is 9.16. The minimum absolute atomic E-state index is 0.0369. The molecule has 0 spiro atoms. The second kappa shape index (κ2) is 4.46. The lowest BCUT2D eigenvalue weighted by molar-refractivity contribution is 0.0975. The fourth-order valence-corrected chi connectivity index (χ4v) is 2.37. The van der Waals surface area contributed by atoms with Crippen molar-refractivity contribution in [1.29, 1.82) is 0 Å². The van der Waals surface area contributed by atoms with Crippen LogP contribution in [0.5, 0.6) is 5.75 Å². The maximum Gasteiger partial charge on any atom is 0.262 e. The van der Waals surface area contributed by atoms with Crippen molar-refractivity contribution in [3.63, 3.8) is 0 Å². The average Bonchev–Trinajstić information content (AvgIpc) is 2.76. The molecule has 1 aliphatic heterocycles. The summed E-state index contributed by atoms with van der Waals surface area (Å²) in [6, 6.07) is 9.37. The van der Waals surface area contributed by atoms with Gasteiger partial charge in [0.15, 0.2) is 0 Å². The summed E-state index contributed by atoms with van der Waals surface area (Å²) >= 11 is 0. The van der Waals surface area contributed by atoms with E-state index < -0.39 is 0 Å². The Kier molecular flexibility index (Phi) is 2.78. The van der Waals surface area contributed by atoms with Crippen LogP contribution in [0, 0.1) is 13.8 Å². The van der Waals surface area contributed by atoms with Crippen LogP contribution >= 0.6 is 0 Å². The zero-order valence-corrected chi connectivity index (χ0v) is 11.0. The number of hydrogen-bond donors (Lipinski definition) is 0. The second-order valence-electron chi connectivity index (χ2n) is 4.60. The van der Waals surface area contributed by atoms with Gasteiger partial charge in [-0.1, -0.05) is 12.1 Å². The van der Waals surface area contributed by atoms with E-state index in [1.165, 1.54) is 0 Å². The molecule has 1 amide bonds. The van der Waals surface area contributed by atoms with Gasteiger partial charge >= 0.3 is 0 Å². The number of fused-ring (bicyclic) bond motifs is 1. The quantitative estimate of drug-likeness (QED) is 0.788. The third-order valence-corrected chi connectivity index (χ3v) is 3.25. The summed E-state index contributed by atoms with van der Waals surface area (Å²) in [4.78, 5) is 14.4. The minimum atomic E-state index is -0.0369. The maximum absolute atomic E-state index is 12.6. The highest BCUT2D eigenvalue weighted by Gasteiger charge is 2.26. The normalized spacial score (nSPS) is 13.9. The zero-order chi connectivity index (χ0) is 13.4. The highest BCUT2D eigenvalue weighted by molar-refractivity contribution is 6.07. The molecule has 0 aliphatic carbocycles. The molecule has 98 valence electrons. The Morgan fingerprint density at radius 2 is 2.05 bits per heavy atom. The predicted octanol–water partition coefficient (Wildman–Crippen LogP) is 2.94. The number of carbonyl (C=O) groups is 1. The molecule has 1 aliphatic rings. The van der Waals surface area contributed by atoms with Gasteiger partial charge in [0.1, 0.15) is 23.9 Å². The molecule has 2 heterocycles. The third kappa shape index (κ3) is 1.99. The monoisotopic (exact) mass is 257 g/mol. The predicted molar refractivity (Wildman–Crippen MR) is 71.8 cm³/mol. The number of para-hydroxylation sites is 2. The number of benzene rings is 1. The molecule has 4 nitrogen and oxygen atoms in total. The van der Waals surface area contributed by atoms with Crippen molar-refractivity contribution in [2.24, 2.45) is 0 Å². The van der Waals surface area contributed by atoms with Crippen molar-refractivity contribution >= 4 is 11.6 Å². The molecule has 0 saturated carbocycles. The van der Waals surface area contributed by atoms with E-state index in [-0.39, 0.29) is 5.91 Å². The molecular formula is C15H15NO3. The van der Waals surface area contributed by atoms with Crippen LogP contribution in [-0.2, 0) is 0 Å². The Bertz CT molecular complexity index is 630. The molecule has 2 aromatic rings. The van der Waals surface area contributed by atoms with E-state index in [1.807, 2.05) is 38.1 Å². The number of nitrogens with zero attached hydrogens (tertiary/aromatic N) is 1. The number of aryl methyl sites for hydroxylation is 2. The summed E-state index contributed by atoms with van der Waals surface area (Å²) in [5, 5.41) is 0. The number of hydrogen-bond acceptors (Lipinski definition) is 3. The summed E-state index contributed by atoms with van der Waals surface area (Å²) in [6.45, 7) is 4.72. The molecule has 0 radical (unpaired) electrons. The van der Waals surface area contributed by atoms with Crippen molar-refractivity contribution in [2.75, 3.05) is 18.1 Å². The Hall–Kier alpha value is -2.23. The molecule has 0 bridgehead atoms. The maximum atomic E-state index is 12.6. The van der Waals surface area contributed by atoms with E-state index in [2.05, 4.69) is 0 Å².